The maximum Gasteiger partial charge on any atom is 0.325 e. The summed E-state index contributed by atoms with van der Waals surface area (Å²) in [4.78, 5) is 24.2. The Labute approximate surface area is 106 Å². The van der Waals surface area contributed by atoms with Gasteiger partial charge in [0.15, 0.2) is 0 Å². The molecule has 18 heavy (non-hydrogen) atoms. The SMILES string of the molecule is CC1CN(COCc2ccccc2)C(=O)NC1=O. The van der Waals surface area contributed by atoms with Crippen molar-refractivity contribution in [1.29, 1.82) is 0 Å². The second kappa shape index (κ2) is 5.64. The molecule has 1 aromatic rings. The van der Waals surface area contributed by atoms with E-state index in [9.17, 15) is 9.59 Å². The van der Waals surface area contributed by atoms with Gasteiger partial charge in [-0.25, -0.2) is 4.79 Å². The van der Waals surface area contributed by atoms with E-state index in [2.05, 4.69) is 5.32 Å². The van der Waals surface area contributed by atoms with E-state index in [-0.39, 0.29) is 24.6 Å². The molecule has 5 heteroatoms. The van der Waals surface area contributed by atoms with Crippen LogP contribution in [0.5, 0.6) is 0 Å². The van der Waals surface area contributed by atoms with Gasteiger partial charge in [0.2, 0.25) is 5.91 Å². The van der Waals surface area contributed by atoms with Crippen LogP contribution in [0.15, 0.2) is 30.3 Å². The van der Waals surface area contributed by atoms with Crippen molar-refractivity contribution in [2.24, 2.45) is 5.92 Å². The molecule has 1 saturated heterocycles. The van der Waals surface area contributed by atoms with Gasteiger partial charge in [-0.15, -0.1) is 0 Å². The lowest BCUT2D eigenvalue weighted by molar-refractivity contribution is -0.126. The molecule has 5 nitrogen and oxygen atoms in total. The predicted octanol–water partition coefficient (Wildman–Crippen LogP) is 1.35. The second-order valence-electron chi connectivity index (χ2n) is 4.38. The van der Waals surface area contributed by atoms with Crippen LogP contribution in [0.2, 0.25) is 0 Å². The highest BCUT2D eigenvalue weighted by Gasteiger charge is 2.28. The maximum absolute atomic E-state index is 11.5. The molecule has 0 saturated carbocycles. The third-order valence-electron chi connectivity index (χ3n) is 2.82. The fraction of sp³-hybridized carbons (Fsp3) is 0.385. The normalized spacial score (nSPS) is 19.8. The molecule has 1 aliphatic heterocycles. The molecule has 1 N–H and O–H groups in total. The molecule has 0 aliphatic carbocycles. The first-order chi connectivity index (χ1) is 8.66. The molecule has 0 bridgehead atoms. The minimum atomic E-state index is -0.383. The number of hydrogen-bond acceptors (Lipinski definition) is 3. The maximum atomic E-state index is 11.5. The number of benzene rings is 1. The van der Waals surface area contributed by atoms with Gasteiger partial charge in [0, 0.05) is 6.54 Å². The molecule has 0 aromatic heterocycles. The Hall–Kier alpha value is -1.88. The Balaban J connectivity index is 1.80. The molecule has 1 atom stereocenters. The van der Waals surface area contributed by atoms with E-state index in [1.54, 1.807) is 6.92 Å². The molecule has 0 radical (unpaired) electrons. The highest BCUT2D eigenvalue weighted by atomic mass is 16.5. The van der Waals surface area contributed by atoms with Gasteiger partial charge in [0.1, 0.15) is 6.73 Å². The highest BCUT2D eigenvalue weighted by molar-refractivity contribution is 5.97. The zero-order valence-electron chi connectivity index (χ0n) is 10.3. The average Bonchev–Trinajstić information content (AvgIpc) is 2.37. The number of urea groups is 1. The minimum absolute atomic E-state index is 0.192. The molecular weight excluding hydrogens is 232 g/mol. The van der Waals surface area contributed by atoms with Crippen molar-refractivity contribution in [3.63, 3.8) is 0 Å². The molecular formula is C13H16N2O3. The summed E-state index contributed by atoms with van der Waals surface area (Å²) in [6.45, 7) is 2.83. The first-order valence-electron chi connectivity index (χ1n) is 5.88. The standard InChI is InChI=1S/C13H16N2O3/c1-10-7-15(13(17)14-12(10)16)9-18-8-11-5-3-2-4-6-11/h2-6,10H,7-9H2,1H3,(H,14,16,17). The summed E-state index contributed by atoms with van der Waals surface area (Å²) in [5.74, 6) is -0.415. The van der Waals surface area contributed by atoms with E-state index < -0.39 is 0 Å². The number of nitrogens with one attached hydrogen (secondary N) is 1. The summed E-state index contributed by atoms with van der Waals surface area (Å²) in [6, 6.07) is 9.35. The number of amides is 3. The van der Waals surface area contributed by atoms with Crippen LogP contribution in [0.25, 0.3) is 0 Å². The van der Waals surface area contributed by atoms with E-state index in [1.807, 2.05) is 30.3 Å². The van der Waals surface area contributed by atoms with Crippen molar-refractivity contribution >= 4 is 11.9 Å². The van der Waals surface area contributed by atoms with E-state index in [0.29, 0.717) is 13.2 Å². The van der Waals surface area contributed by atoms with Crippen LogP contribution in [0.1, 0.15) is 12.5 Å². The van der Waals surface area contributed by atoms with Gasteiger partial charge >= 0.3 is 6.03 Å². The van der Waals surface area contributed by atoms with Gasteiger partial charge in [-0.05, 0) is 5.56 Å². The summed E-state index contributed by atoms with van der Waals surface area (Å²) < 4.78 is 5.47. The number of carbonyl (C=O) groups excluding carboxylic acids is 2. The fourth-order valence-corrected chi connectivity index (χ4v) is 1.76. The van der Waals surface area contributed by atoms with Gasteiger partial charge in [0.25, 0.3) is 0 Å². The number of hydrogen-bond donors (Lipinski definition) is 1. The van der Waals surface area contributed by atoms with Crippen LogP contribution < -0.4 is 5.32 Å². The van der Waals surface area contributed by atoms with Crippen LogP contribution in [0.3, 0.4) is 0 Å². The lowest BCUT2D eigenvalue weighted by atomic mass is 10.1. The second-order valence-corrected chi connectivity index (χ2v) is 4.38. The quantitative estimate of drug-likeness (QED) is 0.875. The largest absolute Gasteiger partial charge is 0.356 e. The molecule has 2 rings (SSSR count). The molecule has 3 amide bonds. The van der Waals surface area contributed by atoms with Gasteiger partial charge in [-0.1, -0.05) is 37.3 Å². The molecule has 1 unspecified atom stereocenters. The molecule has 96 valence electrons. The molecule has 1 fully saturated rings. The van der Waals surface area contributed by atoms with Crippen LogP contribution in [0, 0.1) is 5.92 Å². The Morgan fingerprint density at radius 1 is 1.33 bits per heavy atom. The number of nitrogens with zero attached hydrogens (tertiary/aromatic N) is 1. The molecule has 0 spiro atoms. The zero-order valence-corrected chi connectivity index (χ0v) is 10.3. The first-order valence-corrected chi connectivity index (χ1v) is 5.88. The predicted molar refractivity (Wildman–Crippen MR) is 65.5 cm³/mol. The number of rotatable bonds is 4. The van der Waals surface area contributed by atoms with Gasteiger partial charge < -0.3 is 9.64 Å². The average molecular weight is 248 g/mol. The van der Waals surface area contributed by atoms with Gasteiger partial charge in [-0.3, -0.25) is 10.1 Å². The lowest BCUT2D eigenvalue weighted by Crippen LogP contribution is -2.54. The summed E-state index contributed by atoms with van der Waals surface area (Å²) >= 11 is 0. The van der Waals surface area contributed by atoms with E-state index in [4.69, 9.17) is 4.74 Å². The van der Waals surface area contributed by atoms with Gasteiger partial charge in [0.05, 0.1) is 12.5 Å². The Morgan fingerprint density at radius 3 is 2.78 bits per heavy atom. The third-order valence-corrected chi connectivity index (χ3v) is 2.82. The molecule has 1 aromatic carbocycles. The molecule has 1 heterocycles. The number of carbonyl (C=O) groups is 2. The van der Waals surface area contributed by atoms with E-state index in [0.717, 1.165) is 5.56 Å². The topological polar surface area (TPSA) is 58.6 Å². The smallest absolute Gasteiger partial charge is 0.325 e. The third kappa shape index (κ3) is 3.07. The van der Waals surface area contributed by atoms with Crippen molar-refractivity contribution in [3.8, 4) is 0 Å². The summed E-state index contributed by atoms with van der Waals surface area (Å²) in [7, 11) is 0. The van der Waals surface area contributed by atoms with Crippen molar-refractivity contribution in [2.75, 3.05) is 13.3 Å². The lowest BCUT2D eigenvalue weighted by Gasteiger charge is -2.29. The van der Waals surface area contributed by atoms with Gasteiger partial charge in [-0.2, -0.15) is 0 Å². The fourth-order valence-electron chi connectivity index (χ4n) is 1.76. The zero-order chi connectivity index (χ0) is 13.0. The highest BCUT2D eigenvalue weighted by Crippen LogP contribution is 2.08. The van der Waals surface area contributed by atoms with Crippen LogP contribution in [-0.4, -0.2) is 30.1 Å². The summed E-state index contributed by atoms with van der Waals surface area (Å²) in [5, 5.41) is 2.30. The number of imide groups is 1. The van der Waals surface area contributed by atoms with Crippen LogP contribution >= 0.6 is 0 Å². The summed E-state index contributed by atoms with van der Waals surface area (Å²) in [5.41, 5.74) is 1.05. The summed E-state index contributed by atoms with van der Waals surface area (Å²) in [6.07, 6.45) is 0. The van der Waals surface area contributed by atoms with Crippen molar-refractivity contribution < 1.29 is 14.3 Å². The van der Waals surface area contributed by atoms with Crippen molar-refractivity contribution in [2.45, 2.75) is 13.5 Å². The minimum Gasteiger partial charge on any atom is -0.356 e. The Morgan fingerprint density at radius 2 is 2.06 bits per heavy atom. The van der Waals surface area contributed by atoms with Crippen LogP contribution in [-0.2, 0) is 16.1 Å². The van der Waals surface area contributed by atoms with E-state index in [1.165, 1.54) is 4.90 Å². The monoisotopic (exact) mass is 248 g/mol. The Kier molecular flexibility index (Phi) is 3.94. The van der Waals surface area contributed by atoms with Crippen LogP contribution in [0.4, 0.5) is 4.79 Å². The number of ether oxygens (including phenoxy) is 1. The van der Waals surface area contributed by atoms with Crippen molar-refractivity contribution in [1.82, 2.24) is 10.2 Å². The molecule has 1 aliphatic rings. The Bertz CT molecular complexity index is 433. The van der Waals surface area contributed by atoms with E-state index >= 15 is 0 Å². The van der Waals surface area contributed by atoms with Crippen molar-refractivity contribution in [3.05, 3.63) is 35.9 Å². The first kappa shape index (κ1) is 12.6.